The summed E-state index contributed by atoms with van der Waals surface area (Å²) in [4.78, 5) is 0. The van der Waals surface area contributed by atoms with Crippen LogP contribution in [0.4, 0.5) is 0 Å². The van der Waals surface area contributed by atoms with Crippen LogP contribution < -0.4 is 35.4 Å². The van der Waals surface area contributed by atoms with Crippen LogP contribution in [0.3, 0.4) is 0 Å². The minimum absolute atomic E-state index is 0. The molecule has 2 aliphatic rings. The van der Waals surface area contributed by atoms with E-state index in [-0.39, 0.29) is 24.8 Å². The molecule has 0 bridgehead atoms. The Morgan fingerprint density at radius 2 is 1.43 bits per heavy atom. The van der Waals surface area contributed by atoms with E-state index >= 15 is 0 Å². The molecule has 0 saturated carbocycles. The minimum Gasteiger partial charge on any atom is -1.00 e. The summed E-state index contributed by atoms with van der Waals surface area (Å²) in [6.45, 7) is 4.67. The first-order valence-corrected chi connectivity index (χ1v) is 17.3. The van der Waals surface area contributed by atoms with E-state index in [1.165, 1.54) is 41.9 Å². The van der Waals surface area contributed by atoms with Gasteiger partial charge < -0.3 is 24.8 Å². The van der Waals surface area contributed by atoms with E-state index in [2.05, 4.69) is 111 Å². The molecule has 0 aliphatic heterocycles. The SMILES string of the molecule is CCCCC1=[C]([Hf+2][CH]2C(P(c3ccccc3)c3ccccc3)=Cc3ccccc32)CC=C1C.[Cl-].[Cl-]. The van der Waals surface area contributed by atoms with Gasteiger partial charge in [-0.2, -0.15) is 0 Å². The molecule has 3 aromatic rings. The summed E-state index contributed by atoms with van der Waals surface area (Å²) in [5.41, 5.74) is 6.36. The van der Waals surface area contributed by atoms with E-state index in [0.717, 1.165) is 0 Å². The van der Waals surface area contributed by atoms with Gasteiger partial charge in [-0.25, -0.2) is 0 Å². The predicted molar refractivity (Wildman–Crippen MR) is 141 cm³/mol. The van der Waals surface area contributed by atoms with Crippen LogP contribution in [-0.2, 0) is 22.9 Å². The van der Waals surface area contributed by atoms with E-state index in [1.54, 1.807) is 22.0 Å². The molecule has 0 spiro atoms. The van der Waals surface area contributed by atoms with E-state index < -0.39 is 30.8 Å². The van der Waals surface area contributed by atoms with Crippen LogP contribution in [-0.4, -0.2) is 0 Å². The fourth-order valence-electron chi connectivity index (χ4n) is 5.02. The van der Waals surface area contributed by atoms with Crippen LogP contribution in [0.5, 0.6) is 0 Å². The van der Waals surface area contributed by atoms with Gasteiger partial charge in [-0.15, -0.1) is 0 Å². The summed E-state index contributed by atoms with van der Waals surface area (Å²) in [5.74, 6) is 0. The van der Waals surface area contributed by atoms with Crippen molar-refractivity contribution in [2.45, 2.75) is 43.2 Å². The third kappa shape index (κ3) is 6.19. The van der Waals surface area contributed by atoms with Crippen molar-refractivity contribution in [3.63, 3.8) is 0 Å². The molecule has 5 rings (SSSR count). The van der Waals surface area contributed by atoms with Gasteiger partial charge >= 0.3 is 213 Å². The maximum atomic E-state index is 2.57. The third-order valence-corrected chi connectivity index (χ3v) is 16.5. The van der Waals surface area contributed by atoms with E-state index in [0.29, 0.717) is 3.67 Å². The Hall–Kier alpha value is -1.24. The molecule has 0 N–H and O–H groups in total. The maximum Gasteiger partial charge on any atom is -1.00 e. The second-order valence-corrected chi connectivity index (χ2v) is 16.4. The summed E-state index contributed by atoms with van der Waals surface area (Å²) < 4.78 is 2.52. The molecular formula is C31H31Cl2HfP. The Kier molecular flexibility index (Phi) is 10.8. The number of allylic oxidation sites excluding steroid dienone is 5. The van der Waals surface area contributed by atoms with E-state index in [9.17, 15) is 0 Å². The van der Waals surface area contributed by atoms with Crippen molar-refractivity contribution < 1.29 is 47.7 Å². The molecule has 0 amide bonds. The van der Waals surface area contributed by atoms with Crippen molar-refractivity contribution in [2.24, 2.45) is 0 Å². The molecule has 0 radical (unpaired) electrons. The first kappa shape index (κ1) is 28.3. The van der Waals surface area contributed by atoms with E-state index in [1.807, 2.05) is 3.33 Å². The van der Waals surface area contributed by atoms with Crippen LogP contribution >= 0.6 is 7.92 Å². The number of hydrogen-bond donors (Lipinski definition) is 0. The minimum atomic E-state index is -1.13. The van der Waals surface area contributed by atoms with Crippen molar-refractivity contribution in [1.29, 1.82) is 0 Å². The molecule has 2 aliphatic carbocycles. The second-order valence-electron chi connectivity index (χ2n) is 8.93. The molecular weight excluding hydrogens is 653 g/mol. The smallest absolute Gasteiger partial charge is 1.00 e. The number of fused-ring (bicyclic) bond motifs is 1. The number of hydrogen-bond acceptors (Lipinski definition) is 0. The first-order valence-electron chi connectivity index (χ1n) is 12.1. The Bertz CT molecular complexity index is 1180. The topological polar surface area (TPSA) is 0 Å². The molecule has 0 saturated heterocycles. The van der Waals surface area contributed by atoms with Gasteiger partial charge in [0, 0.05) is 0 Å². The molecule has 0 fully saturated rings. The normalized spacial score (nSPS) is 16.1. The number of benzene rings is 3. The average molecular weight is 684 g/mol. The number of unbranched alkanes of at least 4 members (excludes halogenated alkanes) is 1. The third-order valence-electron chi connectivity index (χ3n) is 6.74. The van der Waals surface area contributed by atoms with Crippen LogP contribution in [0.25, 0.3) is 6.08 Å². The van der Waals surface area contributed by atoms with Crippen molar-refractivity contribution >= 4 is 24.6 Å². The fraction of sp³-hybridized carbons (Fsp3) is 0.226. The van der Waals surface area contributed by atoms with Gasteiger partial charge in [-0.1, -0.05) is 0 Å². The second kappa shape index (κ2) is 13.3. The largest absolute Gasteiger partial charge is 1.00 e. The van der Waals surface area contributed by atoms with Crippen molar-refractivity contribution in [1.82, 2.24) is 0 Å². The van der Waals surface area contributed by atoms with Gasteiger partial charge in [0.25, 0.3) is 0 Å². The summed E-state index contributed by atoms with van der Waals surface area (Å²) in [7, 11) is -0.524. The molecule has 0 heterocycles. The van der Waals surface area contributed by atoms with Gasteiger partial charge in [0.1, 0.15) is 0 Å². The number of rotatable bonds is 8. The zero-order valence-corrected chi connectivity index (χ0v) is 26.3. The van der Waals surface area contributed by atoms with Crippen molar-refractivity contribution in [3.05, 3.63) is 122 Å². The van der Waals surface area contributed by atoms with Crippen LogP contribution in [0.2, 0.25) is 0 Å². The van der Waals surface area contributed by atoms with E-state index in [4.69, 9.17) is 0 Å². The van der Waals surface area contributed by atoms with Crippen LogP contribution in [0, 0.1) is 0 Å². The average Bonchev–Trinajstić information content (AvgIpc) is 3.39. The zero-order valence-electron chi connectivity index (χ0n) is 20.3. The maximum absolute atomic E-state index is 2.57. The molecule has 178 valence electrons. The fourth-order valence-corrected chi connectivity index (χ4v) is 15.6. The monoisotopic (exact) mass is 684 g/mol. The van der Waals surface area contributed by atoms with Crippen LogP contribution in [0.15, 0.2) is 111 Å². The Balaban J connectivity index is 0.00000171. The molecule has 0 aromatic heterocycles. The number of halogens is 2. The van der Waals surface area contributed by atoms with Gasteiger partial charge in [0.05, 0.1) is 0 Å². The summed E-state index contributed by atoms with van der Waals surface area (Å²) in [5, 5.41) is 4.65. The zero-order chi connectivity index (χ0) is 22.6. The van der Waals surface area contributed by atoms with Gasteiger partial charge in [0.15, 0.2) is 0 Å². The molecule has 1 atom stereocenters. The summed E-state index contributed by atoms with van der Waals surface area (Å²) in [6, 6.07) is 31.8. The predicted octanol–water partition coefficient (Wildman–Crippen LogP) is 2.10. The Labute approximate surface area is 235 Å². The Morgan fingerprint density at radius 1 is 0.829 bits per heavy atom. The molecule has 4 heteroatoms. The summed E-state index contributed by atoms with van der Waals surface area (Å²) >= 11 is -1.13. The Morgan fingerprint density at radius 3 is 2.06 bits per heavy atom. The van der Waals surface area contributed by atoms with Crippen LogP contribution in [0.1, 0.15) is 54.3 Å². The quantitative estimate of drug-likeness (QED) is 0.252. The van der Waals surface area contributed by atoms with Crippen molar-refractivity contribution in [3.8, 4) is 0 Å². The van der Waals surface area contributed by atoms with Gasteiger partial charge in [-0.05, 0) is 0 Å². The van der Waals surface area contributed by atoms with Crippen molar-refractivity contribution in [2.75, 3.05) is 0 Å². The van der Waals surface area contributed by atoms with Gasteiger partial charge in [0.2, 0.25) is 0 Å². The standard InChI is InChI=1S/C21H16P.C10H15.2ClH.Hf/c1-3-11-19(12-4-1)22(20-13-5-2-6-14-20)21-15-17-9-7-8-10-18(17)16-21;1-3-4-7-10-8-5-6-9(10)2;;;/h1-16H;6H,3-5,7H2,1-2H3;2*1H;/q;;;;+2/p-2. The molecule has 1 unspecified atom stereocenters. The molecule has 3 aromatic carbocycles. The molecule has 35 heavy (non-hydrogen) atoms. The summed E-state index contributed by atoms with van der Waals surface area (Å²) in [6.07, 6.45) is 10.2. The molecule has 0 nitrogen and oxygen atoms in total. The first-order chi connectivity index (χ1) is 16.3. The van der Waals surface area contributed by atoms with Gasteiger partial charge in [-0.3, -0.25) is 0 Å².